The Hall–Kier alpha value is -0.860. The second-order valence-electron chi connectivity index (χ2n) is 4.69. The first-order chi connectivity index (χ1) is 8.22. The molecule has 1 aromatic carbocycles. The maximum Gasteiger partial charge on any atom is 0.0871 e. The van der Waals surface area contributed by atoms with Crippen molar-refractivity contribution in [1.82, 2.24) is 0 Å². The summed E-state index contributed by atoms with van der Waals surface area (Å²) >= 11 is 0. The van der Waals surface area contributed by atoms with E-state index >= 15 is 0 Å². The molecule has 0 unspecified atom stereocenters. The van der Waals surface area contributed by atoms with Gasteiger partial charge in [-0.25, -0.2) is 0 Å². The van der Waals surface area contributed by atoms with Gasteiger partial charge >= 0.3 is 0 Å². The van der Waals surface area contributed by atoms with E-state index in [1.54, 1.807) is 4.90 Å². The topological polar surface area (TPSA) is 24.7 Å². The van der Waals surface area contributed by atoms with Crippen LogP contribution in [0, 0.1) is 5.92 Å². The van der Waals surface area contributed by atoms with E-state index in [2.05, 4.69) is 20.8 Å². The Morgan fingerprint density at radius 3 is 2.12 bits per heavy atom. The fourth-order valence-electron chi connectivity index (χ4n) is 2.31. The van der Waals surface area contributed by atoms with E-state index in [0.717, 1.165) is 31.6 Å². The lowest BCUT2D eigenvalue weighted by Gasteiger charge is -2.26. The third-order valence-electron chi connectivity index (χ3n) is 3.66. The van der Waals surface area contributed by atoms with E-state index in [-0.39, 0.29) is 6.10 Å². The number of nitrogens with one attached hydrogen (secondary N) is 1. The van der Waals surface area contributed by atoms with Gasteiger partial charge in [0.25, 0.3) is 0 Å². The third kappa shape index (κ3) is 4.14. The van der Waals surface area contributed by atoms with Crippen LogP contribution >= 0.6 is 0 Å². The Bertz CT molecular complexity index is 295. The SMILES string of the molecule is CC[C@@H](C[NH+](CC)CC)[C@H](O)c1ccccc1. The average Bonchev–Trinajstić information content (AvgIpc) is 2.40. The summed E-state index contributed by atoms with van der Waals surface area (Å²) in [6, 6.07) is 10.0. The molecule has 2 N–H and O–H groups in total. The third-order valence-corrected chi connectivity index (χ3v) is 3.66. The molecule has 0 spiro atoms. The minimum Gasteiger partial charge on any atom is -0.388 e. The molecule has 0 radical (unpaired) electrons. The quantitative estimate of drug-likeness (QED) is 0.739. The molecule has 96 valence electrons. The fourth-order valence-corrected chi connectivity index (χ4v) is 2.31. The maximum atomic E-state index is 10.4. The normalized spacial score (nSPS) is 14.9. The van der Waals surface area contributed by atoms with Gasteiger partial charge in [0.1, 0.15) is 0 Å². The molecule has 0 saturated carbocycles. The Balaban J connectivity index is 2.67. The number of hydrogen-bond acceptors (Lipinski definition) is 1. The van der Waals surface area contributed by atoms with E-state index in [0.29, 0.717) is 5.92 Å². The molecule has 0 aliphatic heterocycles. The molecule has 0 amide bonds. The zero-order valence-electron chi connectivity index (χ0n) is 11.3. The second kappa shape index (κ2) is 7.46. The van der Waals surface area contributed by atoms with Gasteiger partial charge in [-0.2, -0.15) is 0 Å². The molecule has 2 atom stereocenters. The molecular weight excluding hydrogens is 210 g/mol. The molecule has 0 saturated heterocycles. The van der Waals surface area contributed by atoms with Crippen LogP contribution in [0.3, 0.4) is 0 Å². The number of benzene rings is 1. The standard InChI is InChI=1S/C15H25NO/c1-4-13(12-16(5-2)6-3)15(17)14-10-8-7-9-11-14/h7-11,13,15,17H,4-6,12H2,1-3H3/p+1/t13-,15-/m0/s1. The van der Waals surface area contributed by atoms with Gasteiger partial charge in [-0.3, -0.25) is 0 Å². The molecule has 0 fully saturated rings. The van der Waals surface area contributed by atoms with Crippen LogP contribution in [0.1, 0.15) is 38.9 Å². The number of rotatable bonds is 7. The molecule has 2 heteroatoms. The van der Waals surface area contributed by atoms with Crippen molar-refractivity contribution in [2.24, 2.45) is 5.92 Å². The lowest BCUT2D eigenvalue weighted by atomic mass is 9.93. The van der Waals surface area contributed by atoms with Crippen LogP contribution in [-0.4, -0.2) is 24.7 Å². The van der Waals surface area contributed by atoms with Crippen molar-refractivity contribution in [1.29, 1.82) is 0 Å². The first-order valence-corrected chi connectivity index (χ1v) is 6.79. The second-order valence-corrected chi connectivity index (χ2v) is 4.69. The highest BCUT2D eigenvalue weighted by Crippen LogP contribution is 2.23. The molecule has 2 nitrogen and oxygen atoms in total. The highest BCUT2D eigenvalue weighted by atomic mass is 16.3. The number of quaternary nitrogens is 1. The Kier molecular flexibility index (Phi) is 6.23. The summed E-state index contributed by atoms with van der Waals surface area (Å²) in [7, 11) is 0. The summed E-state index contributed by atoms with van der Waals surface area (Å²) in [6.45, 7) is 9.91. The summed E-state index contributed by atoms with van der Waals surface area (Å²) in [5.74, 6) is 0.354. The smallest absolute Gasteiger partial charge is 0.0871 e. The predicted octanol–water partition coefficient (Wildman–Crippen LogP) is 1.67. The molecular formula is C15H26NO+. The van der Waals surface area contributed by atoms with Crippen molar-refractivity contribution >= 4 is 0 Å². The largest absolute Gasteiger partial charge is 0.388 e. The summed E-state index contributed by atoms with van der Waals surface area (Å²) < 4.78 is 0. The maximum absolute atomic E-state index is 10.4. The van der Waals surface area contributed by atoms with E-state index in [9.17, 15) is 5.11 Å². The van der Waals surface area contributed by atoms with Gasteiger partial charge in [0.15, 0.2) is 0 Å². The zero-order valence-corrected chi connectivity index (χ0v) is 11.3. The van der Waals surface area contributed by atoms with Gasteiger partial charge in [-0.15, -0.1) is 0 Å². The summed E-state index contributed by atoms with van der Waals surface area (Å²) in [5.41, 5.74) is 1.05. The first-order valence-electron chi connectivity index (χ1n) is 6.79. The molecule has 0 heterocycles. The first kappa shape index (κ1) is 14.2. The van der Waals surface area contributed by atoms with Crippen molar-refractivity contribution < 1.29 is 10.0 Å². The van der Waals surface area contributed by atoms with Gasteiger partial charge in [-0.05, 0) is 25.8 Å². The van der Waals surface area contributed by atoms with Crippen LogP contribution in [-0.2, 0) is 0 Å². The minimum absolute atomic E-state index is 0.325. The number of aliphatic hydroxyl groups excluding tert-OH is 1. The van der Waals surface area contributed by atoms with Gasteiger partial charge < -0.3 is 10.0 Å². The van der Waals surface area contributed by atoms with Crippen LogP contribution in [0.25, 0.3) is 0 Å². The van der Waals surface area contributed by atoms with E-state index in [1.165, 1.54) is 0 Å². The lowest BCUT2D eigenvalue weighted by molar-refractivity contribution is -0.900. The minimum atomic E-state index is -0.325. The Labute approximate surface area is 105 Å². The summed E-state index contributed by atoms with van der Waals surface area (Å²) in [6.07, 6.45) is 0.703. The van der Waals surface area contributed by atoms with Gasteiger partial charge in [0.05, 0.1) is 25.7 Å². The molecule has 0 aromatic heterocycles. The van der Waals surface area contributed by atoms with Crippen LogP contribution < -0.4 is 4.90 Å². The average molecular weight is 236 g/mol. The van der Waals surface area contributed by atoms with Crippen LogP contribution in [0.4, 0.5) is 0 Å². The lowest BCUT2D eigenvalue weighted by Crippen LogP contribution is -3.12. The molecule has 1 rings (SSSR count). The van der Waals surface area contributed by atoms with Crippen LogP contribution in [0.5, 0.6) is 0 Å². The zero-order chi connectivity index (χ0) is 12.7. The van der Waals surface area contributed by atoms with Crippen molar-refractivity contribution in [3.8, 4) is 0 Å². The van der Waals surface area contributed by atoms with E-state index in [1.807, 2.05) is 30.3 Å². The fraction of sp³-hybridized carbons (Fsp3) is 0.600. The molecule has 0 bridgehead atoms. The summed E-state index contributed by atoms with van der Waals surface area (Å²) in [5, 5.41) is 10.4. The predicted molar refractivity (Wildman–Crippen MR) is 72.1 cm³/mol. The van der Waals surface area contributed by atoms with Crippen LogP contribution in [0.2, 0.25) is 0 Å². The van der Waals surface area contributed by atoms with Crippen molar-refractivity contribution in [2.75, 3.05) is 19.6 Å². The Morgan fingerprint density at radius 1 is 1.06 bits per heavy atom. The molecule has 1 aromatic rings. The monoisotopic (exact) mass is 236 g/mol. The van der Waals surface area contributed by atoms with E-state index in [4.69, 9.17) is 0 Å². The van der Waals surface area contributed by atoms with Crippen molar-refractivity contribution in [2.45, 2.75) is 33.3 Å². The van der Waals surface area contributed by atoms with Gasteiger partial charge in [-0.1, -0.05) is 37.3 Å². The molecule has 17 heavy (non-hydrogen) atoms. The summed E-state index contributed by atoms with van der Waals surface area (Å²) in [4.78, 5) is 1.56. The number of aliphatic hydroxyl groups is 1. The molecule has 0 aliphatic carbocycles. The van der Waals surface area contributed by atoms with Gasteiger partial charge in [0.2, 0.25) is 0 Å². The van der Waals surface area contributed by atoms with Crippen molar-refractivity contribution in [3.05, 3.63) is 35.9 Å². The Morgan fingerprint density at radius 2 is 1.65 bits per heavy atom. The highest BCUT2D eigenvalue weighted by Gasteiger charge is 2.22. The highest BCUT2D eigenvalue weighted by molar-refractivity contribution is 5.17. The van der Waals surface area contributed by atoms with E-state index < -0.39 is 0 Å². The van der Waals surface area contributed by atoms with Gasteiger partial charge in [0, 0.05) is 5.92 Å². The molecule has 0 aliphatic rings. The van der Waals surface area contributed by atoms with Crippen LogP contribution in [0.15, 0.2) is 30.3 Å². The number of hydrogen-bond donors (Lipinski definition) is 2. The van der Waals surface area contributed by atoms with Crippen molar-refractivity contribution in [3.63, 3.8) is 0 Å².